The van der Waals surface area contributed by atoms with Crippen molar-refractivity contribution < 1.29 is 13.6 Å². The topological polar surface area (TPSA) is 53.5 Å². The molecule has 0 saturated carbocycles. The minimum absolute atomic E-state index is 0.0956. The monoisotopic (exact) mass is 227 g/mol. The van der Waals surface area contributed by atoms with Gasteiger partial charge in [0.25, 0.3) is 0 Å². The Morgan fingerprint density at radius 3 is 2.88 bits per heavy atom. The third-order valence-electron chi connectivity index (χ3n) is 1.67. The van der Waals surface area contributed by atoms with Gasteiger partial charge in [0.1, 0.15) is 11.6 Å². The molecule has 0 unspecified atom stereocenters. The fraction of sp³-hybridized carbons (Fsp3) is 0.200. The van der Waals surface area contributed by atoms with Gasteiger partial charge >= 0.3 is 6.03 Å². The molecule has 2 amide bonds. The summed E-state index contributed by atoms with van der Waals surface area (Å²) in [5.74, 6) is -1.40. The predicted octanol–water partition coefficient (Wildman–Crippen LogP) is 1.62. The van der Waals surface area contributed by atoms with E-state index in [0.717, 1.165) is 18.3 Å². The number of nitrogens with one attached hydrogen (secondary N) is 2. The van der Waals surface area contributed by atoms with Crippen molar-refractivity contribution in [1.82, 2.24) is 10.7 Å². The van der Waals surface area contributed by atoms with Crippen LogP contribution in [0.4, 0.5) is 13.6 Å². The van der Waals surface area contributed by atoms with Crippen molar-refractivity contribution in [3.63, 3.8) is 0 Å². The van der Waals surface area contributed by atoms with Gasteiger partial charge in [-0.2, -0.15) is 5.10 Å². The number of amides is 2. The molecular formula is C10H11F2N3O. The first-order chi connectivity index (χ1) is 7.63. The summed E-state index contributed by atoms with van der Waals surface area (Å²) in [4.78, 5) is 10.9. The van der Waals surface area contributed by atoms with E-state index in [2.05, 4.69) is 15.8 Å². The predicted molar refractivity (Wildman–Crippen MR) is 56.2 cm³/mol. The Kier molecular flexibility index (Phi) is 4.38. The summed E-state index contributed by atoms with van der Waals surface area (Å²) in [5.41, 5.74) is 2.23. The Hall–Kier alpha value is -1.98. The fourth-order valence-electron chi connectivity index (χ4n) is 0.967. The molecule has 4 nitrogen and oxygen atoms in total. The van der Waals surface area contributed by atoms with Crippen molar-refractivity contribution in [2.75, 3.05) is 6.54 Å². The maximum Gasteiger partial charge on any atom is 0.335 e. The highest BCUT2D eigenvalue weighted by atomic mass is 19.1. The molecule has 0 radical (unpaired) electrons. The van der Waals surface area contributed by atoms with Gasteiger partial charge in [-0.05, 0) is 19.1 Å². The smallest absolute Gasteiger partial charge is 0.335 e. The zero-order valence-electron chi connectivity index (χ0n) is 8.63. The molecule has 0 aliphatic rings. The largest absolute Gasteiger partial charge is 0.337 e. The summed E-state index contributed by atoms with van der Waals surface area (Å²) in [6.45, 7) is 2.22. The number of hydrazone groups is 1. The lowest BCUT2D eigenvalue weighted by Gasteiger charge is -1.99. The van der Waals surface area contributed by atoms with Gasteiger partial charge < -0.3 is 5.32 Å². The average Bonchev–Trinajstić information content (AvgIpc) is 2.22. The molecule has 2 N–H and O–H groups in total. The maximum absolute atomic E-state index is 13.1. The summed E-state index contributed by atoms with van der Waals surface area (Å²) in [7, 11) is 0. The van der Waals surface area contributed by atoms with E-state index < -0.39 is 17.7 Å². The summed E-state index contributed by atoms with van der Waals surface area (Å²) < 4.78 is 25.6. The second kappa shape index (κ2) is 5.79. The van der Waals surface area contributed by atoms with E-state index in [1.807, 2.05) is 0 Å². The Bertz CT molecular complexity index is 407. The highest BCUT2D eigenvalue weighted by Crippen LogP contribution is 2.06. The number of nitrogens with zero attached hydrogens (tertiary/aromatic N) is 1. The molecule has 0 fully saturated rings. The average molecular weight is 227 g/mol. The van der Waals surface area contributed by atoms with E-state index in [4.69, 9.17) is 0 Å². The van der Waals surface area contributed by atoms with Crippen LogP contribution in [0.2, 0.25) is 0 Å². The van der Waals surface area contributed by atoms with Crippen LogP contribution < -0.4 is 10.7 Å². The van der Waals surface area contributed by atoms with Crippen molar-refractivity contribution in [2.45, 2.75) is 6.92 Å². The van der Waals surface area contributed by atoms with E-state index in [0.29, 0.717) is 6.54 Å². The van der Waals surface area contributed by atoms with Gasteiger partial charge in [-0.3, -0.25) is 0 Å². The summed E-state index contributed by atoms with van der Waals surface area (Å²) >= 11 is 0. The van der Waals surface area contributed by atoms with Gasteiger partial charge in [-0.25, -0.2) is 19.0 Å². The van der Waals surface area contributed by atoms with Crippen LogP contribution in [0.5, 0.6) is 0 Å². The third kappa shape index (κ3) is 3.64. The molecule has 0 heterocycles. The van der Waals surface area contributed by atoms with Gasteiger partial charge in [-0.15, -0.1) is 0 Å². The fourth-order valence-corrected chi connectivity index (χ4v) is 0.967. The van der Waals surface area contributed by atoms with Crippen molar-refractivity contribution in [3.8, 4) is 0 Å². The first-order valence-electron chi connectivity index (χ1n) is 4.65. The van der Waals surface area contributed by atoms with Crippen molar-refractivity contribution in [1.29, 1.82) is 0 Å². The van der Waals surface area contributed by atoms with Crippen LogP contribution in [0.3, 0.4) is 0 Å². The molecule has 0 aromatic heterocycles. The normalized spacial score (nSPS) is 10.4. The minimum atomic E-state index is -0.735. The van der Waals surface area contributed by atoms with Crippen LogP contribution in [-0.4, -0.2) is 18.8 Å². The second-order valence-corrected chi connectivity index (χ2v) is 2.90. The van der Waals surface area contributed by atoms with Gasteiger partial charge in [0.15, 0.2) is 0 Å². The molecular weight excluding hydrogens is 216 g/mol. The van der Waals surface area contributed by atoms with Gasteiger partial charge in [0.2, 0.25) is 0 Å². The lowest BCUT2D eigenvalue weighted by atomic mass is 10.2. The van der Waals surface area contributed by atoms with Crippen molar-refractivity contribution >= 4 is 12.2 Å². The summed E-state index contributed by atoms with van der Waals surface area (Å²) in [6, 6.07) is 2.60. The number of urea groups is 1. The maximum atomic E-state index is 13.1. The van der Waals surface area contributed by atoms with Crippen LogP contribution in [0, 0.1) is 11.6 Å². The van der Waals surface area contributed by atoms with Crippen molar-refractivity contribution in [3.05, 3.63) is 35.4 Å². The first kappa shape index (κ1) is 12.1. The Morgan fingerprint density at radius 1 is 1.50 bits per heavy atom. The van der Waals surface area contributed by atoms with Crippen molar-refractivity contribution in [2.24, 2.45) is 5.10 Å². The molecule has 0 spiro atoms. The van der Waals surface area contributed by atoms with Crippen LogP contribution in [0.25, 0.3) is 0 Å². The van der Waals surface area contributed by atoms with E-state index in [9.17, 15) is 13.6 Å². The summed E-state index contributed by atoms with van der Waals surface area (Å²) in [5, 5.41) is 5.94. The van der Waals surface area contributed by atoms with Crippen LogP contribution in [0.1, 0.15) is 12.5 Å². The minimum Gasteiger partial charge on any atom is -0.337 e. The zero-order chi connectivity index (χ0) is 12.0. The molecule has 16 heavy (non-hydrogen) atoms. The molecule has 0 bridgehead atoms. The number of carbonyl (C=O) groups is 1. The summed E-state index contributed by atoms with van der Waals surface area (Å²) in [6.07, 6.45) is 1.10. The molecule has 0 aliphatic heterocycles. The number of carbonyl (C=O) groups excluding carboxylic acids is 1. The van der Waals surface area contributed by atoms with Gasteiger partial charge in [-0.1, -0.05) is 0 Å². The molecule has 86 valence electrons. The second-order valence-electron chi connectivity index (χ2n) is 2.90. The molecule has 0 aliphatic carbocycles. The molecule has 0 saturated heterocycles. The third-order valence-corrected chi connectivity index (χ3v) is 1.67. The Labute approximate surface area is 91.3 Å². The quantitative estimate of drug-likeness (QED) is 0.598. The highest BCUT2D eigenvalue weighted by Gasteiger charge is 2.00. The lowest BCUT2D eigenvalue weighted by molar-refractivity contribution is 0.242. The molecule has 1 rings (SSSR count). The van der Waals surface area contributed by atoms with Gasteiger partial charge in [0, 0.05) is 18.2 Å². The van der Waals surface area contributed by atoms with E-state index >= 15 is 0 Å². The van der Waals surface area contributed by atoms with Gasteiger partial charge in [0.05, 0.1) is 6.21 Å². The standard InChI is InChI=1S/C10H11F2N3O/c1-2-13-10(16)15-14-6-7-3-4-8(11)5-9(7)12/h3-6H,2H2,1H3,(H2,13,15,16)/b14-6+. The zero-order valence-corrected chi connectivity index (χ0v) is 8.63. The number of halogens is 2. The van der Waals surface area contributed by atoms with Crippen LogP contribution >= 0.6 is 0 Å². The molecule has 6 heteroatoms. The number of benzene rings is 1. The highest BCUT2D eigenvalue weighted by molar-refractivity contribution is 5.82. The number of rotatable bonds is 3. The van der Waals surface area contributed by atoms with E-state index in [1.54, 1.807) is 6.92 Å². The number of hydrogen-bond donors (Lipinski definition) is 2. The first-order valence-corrected chi connectivity index (χ1v) is 4.65. The van der Waals surface area contributed by atoms with Crippen LogP contribution in [-0.2, 0) is 0 Å². The number of hydrogen-bond acceptors (Lipinski definition) is 2. The Balaban J connectivity index is 2.59. The van der Waals surface area contributed by atoms with Crippen LogP contribution in [0.15, 0.2) is 23.3 Å². The molecule has 1 aromatic carbocycles. The SMILES string of the molecule is CCNC(=O)N/N=C/c1ccc(F)cc1F. The van der Waals surface area contributed by atoms with E-state index in [-0.39, 0.29) is 5.56 Å². The molecule has 1 aromatic rings. The molecule has 0 atom stereocenters. The van der Waals surface area contributed by atoms with E-state index in [1.165, 1.54) is 6.07 Å². The lowest BCUT2D eigenvalue weighted by Crippen LogP contribution is -2.31. The Morgan fingerprint density at radius 2 is 2.25 bits per heavy atom.